The van der Waals surface area contributed by atoms with Crippen molar-refractivity contribution in [2.24, 2.45) is 0 Å². The van der Waals surface area contributed by atoms with Gasteiger partial charge in [-0.25, -0.2) is 4.98 Å². The van der Waals surface area contributed by atoms with Crippen LogP contribution in [-0.2, 0) is 0 Å². The Bertz CT molecular complexity index is 1040. The van der Waals surface area contributed by atoms with Crippen molar-refractivity contribution in [3.05, 3.63) is 64.0 Å². The van der Waals surface area contributed by atoms with Gasteiger partial charge in [0.05, 0.1) is 16.0 Å². The van der Waals surface area contributed by atoms with E-state index in [-0.39, 0.29) is 17.5 Å². The Morgan fingerprint density at radius 3 is 2.79 bits per heavy atom. The number of aromatic nitrogens is 2. The van der Waals surface area contributed by atoms with E-state index in [1.54, 1.807) is 36.0 Å². The first-order chi connectivity index (χ1) is 13.9. The molecule has 29 heavy (non-hydrogen) atoms. The maximum atomic E-state index is 13.1. The number of nitro benzene ring substituents is 1. The van der Waals surface area contributed by atoms with E-state index in [9.17, 15) is 14.9 Å². The Kier molecular flexibility index (Phi) is 4.92. The number of nitro groups is 1. The number of benzene rings is 2. The number of nitrogens with zero attached hydrogens (tertiary/aromatic N) is 4. The van der Waals surface area contributed by atoms with Crippen LogP contribution in [0.1, 0.15) is 34.9 Å². The summed E-state index contributed by atoms with van der Waals surface area (Å²) in [5.41, 5.74) is 2.66. The zero-order chi connectivity index (χ0) is 20.5. The van der Waals surface area contributed by atoms with Gasteiger partial charge in [0.15, 0.2) is 0 Å². The number of imidazole rings is 1. The number of rotatable bonds is 4. The van der Waals surface area contributed by atoms with E-state index in [0.717, 1.165) is 29.7 Å². The zero-order valence-electron chi connectivity index (χ0n) is 16.5. The van der Waals surface area contributed by atoms with Crippen LogP contribution in [0.2, 0.25) is 0 Å². The van der Waals surface area contributed by atoms with Crippen LogP contribution in [0.5, 0.6) is 0 Å². The molecule has 8 heteroatoms. The predicted molar refractivity (Wildman–Crippen MR) is 111 cm³/mol. The molecule has 4 rings (SSSR count). The molecule has 1 fully saturated rings. The van der Waals surface area contributed by atoms with Gasteiger partial charge < -0.3 is 14.8 Å². The number of amides is 1. The third-order valence-corrected chi connectivity index (χ3v) is 5.40. The first kappa shape index (κ1) is 18.9. The summed E-state index contributed by atoms with van der Waals surface area (Å²) >= 11 is 0. The van der Waals surface area contributed by atoms with Gasteiger partial charge in [0.1, 0.15) is 11.5 Å². The largest absolute Gasteiger partial charge is 0.372 e. The highest BCUT2D eigenvalue weighted by Crippen LogP contribution is 2.31. The van der Waals surface area contributed by atoms with E-state index in [2.05, 4.69) is 9.97 Å². The van der Waals surface area contributed by atoms with Crippen molar-refractivity contribution in [2.45, 2.75) is 18.8 Å². The summed E-state index contributed by atoms with van der Waals surface area (Å²) in [6.07, 6.45) is 1.81. The number of hydrogen-bond donors (Lipinski definition) is 1. The van der Waals surface area contributed by atoms with Crippen LogP contribution in [0.3, 0.4) is 0 Å². The molecule has 0 radical (unpaired) electrons. The van der Waals surface area contributed by atoms with Crippen molar-refractivity contribution in [1.29, 1.82) is 0 Å². The first-order valence-corrected chi connectivity index (χ1v) is 9.63. The fraction of sp³-hybridized carbons (Fsp3) is 0.333. The average Bonchev–Trinajstić information content (AvgIpc) is 3.17. The summed E-state index contributed by atoms with van der Waals surface area (Å²) in [7, 11) is 3.48. The van der Waals surface area contributed by atoms with Gasteiger partial charge in [-0.05, 0) is 37.1 Å². The fourth-order valence-electron chi connectivity index (χ4n) is 3.91. The van der Waals surface area contributed by atoms with Crippen LogP contribution in [-0.4, -0.2) is 52.9 Å². The lowest BCUT2D eigenvalue weighted by Crippen LogP contribution is -2.39. The number of hydrogen-bond acceptors (Lipinski definition) is 5. The highest BCUT2D eigenvalue weighted by atomic mass is 16.6. The van der Waals surface area contributed by atoms with E-state index in [4.69, 9.17) is 0 Å². The van der Waals surface area contributed by atoms with Crippen molar-refractivity contribution in [3.63, 3.8) is 0 Å². The molecule has 2 heterocycles. The lowest BCUT2D eigenvalue weighted by molar-refractivity contribution is -0.384. The summed E-state index contributed by atoms with van der Waals surface area (Å²) in [6.45, 7) is 1.18. The summed E-state index contributed by atoms with van der Waals surface area (Å²) in [5.74, 6) is 0.827. The third-order valence-electron chi connectivity index (χ3n) is 5.40. The van der Waals surface area contributed by atoms with Gasteiger partial charge in [0.25, 0.3) is 11.6 Å². The molecule has 150 valence electrons. The molecule has 3 aromatic rings. The number of anilines is 1. The van der Waals surface area contributed by atoms with Crippen molar-refractivity contribution < 1.29 is 9.72 Å². The second kappa shape index (κ2) is 7.54. The fourth-order valence-corrected chi connectivity index (χ4v) is 3.91. The number of piperidine rings is 1. The molecule has 1 N–H and O–H groups in total. The number of carbonyl (C=O) groups is 1. The Hall–Kier alpha value is -3.42. The van der Waals surface area contributed by atoms with Crippen LogP contribution in [0, 0.1) is 10.1 Å². The molecule has 1 atom stereocenters. The van der Waals surface area contributed by atoms with Crippen molar-refractivity contribution in [2.75, 3.05) is 32.1 Å². The number of nitrogens with one attached hydrogen (secondary N) is 1. The van der Waals surface area contributed by atoms with Crippen LogP contribution >= 0.6 is 0 Å². The Balaban J connectivity index is 1.57. The number of likely N-dealkylation sites (tertiary alicyclic amines) is 1. The van der Waals surface area contributed by atoms with Crippen molar-refractivity contribution in [3.8, 4) is 0 Å². The number of carbonyl (C=O) groups excluding carboxylic acids is 1. The monoisotopic (exact) mass is 393 g/mol. The summed E-state index contributed by atoms with van der Waals surface area (Å²) < 4.78 is 0. The van der Waals surface area contributed by atoms with Crippen LogP contribution in [0.4, 0.5) is 11.4 Å². The van der Waals surface area contributed by atoms with E-state index in [0.29, 0.717) is 24.3 Å². The third kappa shape index (κ3) is 3.65. The molecule has 1 aliphatic rings. The van der Waals surface area contributed by atoms with E-state index in [1.165, 1.54) is 6.07 Å². The molecule has 0 bridgehead atoms. The molecule has 1 amide bonds. The lowest BCUT2D eigenvalue weighted by atomic mass is 9.96. The van der Waals surface area contributed by atoms with Gasteiger partial charge in [0, 0.05) is 44.7 Å². The Morgan fingerprint density at radius 2 is 2.07 bits per heavy atom. The second-order valence-corrected chi connectivity index (χ2v) is 7.58. The second-order valence-electron chi connectivity index (χ2n) is 7.58. The number of para-hydroxylation sites is 2. The van der Waals surface area contributed by atoms with Crippen LogP contribution < -0.4 is 4.90 Å². The van der Waals surface area contributed by atoms with Crippen LogP contribution in [0.25, 0.3) is 11.0 Å². The molecule has 0 spiro atoms. The van der Waals surface area contributed by atoms with Gasteiger partial charge in [-0.3, -0.25) is 14.9 Å². The molecule has 0 unspecified atom stereocenters. The van der Waals surface area contributed by atoms with Gasteiger partial charge >= 0.3 is 0 Å². The van der Waals surface area contributed by atoms with E-state index in [1.807, 2.05) is 24.3 Å². The van der Waals surface area contributed by atoms with E-state index >= 15 is 0 Å². The minimum Gasteiger partial charge on any atom is -0.372 e. The van der Waals surface area contributed by atoms with Crippen molar-refractivity contribution >= 4 is 28.3 Å². The number of fused-ring (bicyclic) bond motifs is 1. The predicted octanol–water partition coefficient (Wildman–Crippen LogP) is 3.56. The Morgan fingerprint density at radius 1 is 1.28 bits per heavy atom. The van der Waals surface area contributed by atoms with Gasteiger partial charge in [-0.1, -0.05) is 12.1 Å². The lowest BCUT2D eigenvalue weighted by Gasteiger charge is -2.32. The topological polar surface area (TPSA) is 95.4 Å². The molecule has 1 aromatic heterocycles. The van der Waals surface area contributed by atoms with Gasteiger partial charge in [-0.2, -0.15) is 0 Å². The molecule has 1 aliphatic heterocycles. The molecule has 1 saturated heterocycles. The first-order valence-electron chi connectivity index (χ1n) is 9.63. The highest BCUT2D eigenvalue weighted by Gasteiger charge is 2.28. The molecular weight excluding hydrogens is 370 g/mol. The summed E-state index contributed by atoms with van der Waals surface area (Å²) in [4.78, 5) is 35.6. The normalized spacial score (nSPS) is 16.8. The quantitative estimate of drug-likeness (QED) is 0.540. The minimum absolute atomic E-state index is 0.0632. The molecule has 0 saturated carbocycles. The minimum atomic E-state index is -0.445. The van der Waals surface area contributed by atoms with Crippen LogP contribution in [0.15, 0.2) is 42.5 Å². The SMILES string of the molecule is CN(C)c1ccc(C(=O)N2CCC[C@H](c3nc4ccccc4[nH]3)C2)cc1[N+](=O)[O-]. The molecule has 8 nitrogen and oxygen atoms in total. The smallest absolute Gasteiger partial charge is 0.293 e. The summed E-state index contributed by atoms with van der Waals surface area (Å²) in [5, 5.41) is 11.4. The molecule has 2 aromatic carbocycles. The highest BCUT2D eigenvalue weighted by molar-refractivity contribution is 5.96. The maximum absolute atomic E-state index is 13.1. The van der Waals surface area contributed by atoms with E-state index < -0.39 is 4.92 Å². The molecular formula is C21H23N5O3. The standard InChI is InChI=1S/C21H23N5O3/c1-24(2)18-10-9-14(12-19(18)26(28)29)21(27)25-11-5-6-15(13-25)20-22-16-7-3-4-8-17(16)23-20/h3-4,7-10,12,15H,5-6,11,13H2,1-2H3,(H,22,23)/t15-/m0/s1. The number of H-pyrrole nitrogens is 1. The average molecular weight is 393 g/mol. The molecule has 0 aliphatic carbocycles. The zero-order valence-corrected chi connectivity index (χ0v) is 16.5. The Labute approximate surface area is 168 Å². The van der Waals surface area contributed by atoms with Crippen molar-refractivity contribution in [1.82, 2.24) is 14.9 Å². The van der Waals surface area contributed by atoms with Gasteiger partial charge in [0.2, 0.25) is 0 Å². The maximum Gasteiger partial charge on any atom is 0.293 e. The number of aromatic amines is 1. The summed E-state index contributed by atoms with van der Waals surface area (Å²) in [6, 6.07) is 12.5. The van der Waals surface area contributed by atoms with Gasteiger partial charge in [-0.15, -0.1) is 0 Å².